The maximum absolute atomic E-state index is 11.8. The molecule has 0 aliphatic heterocycles. The molecule has 1 amide bonds. The Morgan fingerprint density at radius 2 is 2.25 bits per heavy atom. The fourth-order valence-electron chi connectivity index (χ4n) is 1.49. The summed E-state index contributed by atoms with van der Waals surface area (Å²) in [4.78, 5) is 11.8. The van der Waals surface area contributed by atoms with Gasteiger partial charge in [0.15, 0.2) is 6.10 Å². The van der Waals surface area contributed by atoms with E-state index in [0.29, 0.717) is 30.5 Å². The quantitative estimate of drug-likeness (QED) is 0.719. The van der Waals surface area contributed by atoms with Crippen molar-refractivity contribution >= 4 is 33.4 Å². The molecule has 4 nitrogen and oxygen atoms in total. The number of benzene rings is 1. The molecule has 0 aliphatic carbocycles. The summed E-state index contributed by atoms with van der Waals surface area (Å²) in [6, 6.07) is 5.17. The zero-order chi connectivity index (χ0) is 15.0. The number of halogens is 2. The highest BCUT2D eigenvalue weighted by Gasteiger charge is 2.15. The van der Waals surface area contributed by atoms with Crippen LogP contribution in [0.1, 0.15) is 20.3 Å². The van der Waals surface area contributed by atoms with Crippen LogP contribution in [0.2, 0.25) is 5.02 Å². The van der Waals surface area contributed by atoms with Gasteiger partial charge >= 0.3 is 0 Å². The van der Waals surface area contributed by atoms with E-state index < -0.39 is 6.10 Å². The number of carbonyl (C=O) groups is 1. The van der Waals surface area contributed by atoms with Crippen molar-refractivity contribution in [2.24, 2.45) is 0 Å². The SMILES string of the molecule is CCOCCCNC(=O)C(C)Oc1ccc(Cl)cc1Br. The summed E-state index contributed by atoms with van der Waals surface area (Å²) >= 11 is 9.20. The van der Waals surface area contributed by atoms with Gasteiger partial charge in [-0.15, -0.1) is 0 Å². The third-order valence-corrected chi connectivity index (χ3v) is 3.39. The van der Waals surface area contributed by atoms with E-state index in [2.05, 4.69) is 21.2 Å². The first kappa shape index (κ1) is 17.3. The van der Waals surface area contributed by atoms with E-state index in [-0.39, 0.29) is 5.91 Å². The smallest absolute Gasteiger partial charge is 0.260 e. The van der Waals surface area contributed by atoms with Crippen LogP contribution in [0, 0.1) is 0 Å². The molecule has 0 fully saturated rings. The Kier molecular flexibility index (Phi) is 7.95. The summed E-state index contributed by atoms with van der Waals surface area (Å²) in [5, 5.41) is 3.42. The van der Waals surface area contributed by atoms with Crippen molar-refractivity contribution in [3.63, 3.8) is 0 Å². The molecule has 1 N–H and O–H groups in total. The van der Waals surface area contributed by atoms with Crippen LogP contribution < -0.4 is 10.1 Å². The van der Waals surface area contributed by atoms with Gasteiger partial charge in [0.05, 0.1) is 4.47 Å². The predicted octanol–water partition coefficient (Wildman–Crippen LogP) is 3.41. The van der Waals surface area contributed by atoms with E-state index in [1.54, 1.807) is 25.1 Å². The molecule has 6 heteroatoms. The van der Waals surface area contributed by atoms with Crippen molar-refractivity contribution in [3.8, 4) is 5.75 Å². The third-order valence-electron chi connectivity index (χ3n) is 2.54. The minimum atomic E-state index is -0.570. The number of rotatable bonds is 8. The summed E-state index contributed by atoms with van der Waals surface area (Å²) in [5.74, 6) is 0.440. The second-order valence-corrected chi connectivity index (χ2v) is 5.47. The predicted molar refractivity (Wildman–Crippen MR) is 83.4 cm³/mol. The van der Waals surface area contributed by atoms with Gasteiger partial charge in [-0.25, -0.2) is 0 Å². The van der Waals surface area contributed by atoms with E-state index in [4.69, 9.17) is 21.1 Å². The molecule has 0 radical (unpaired) electrons. The maximum Gasteiger partial charge on any atom is 0.260 e. The van der Waals surface area contributed by atoms with Crippen molar-refractivity contribution in [1.82, 2.24) is 5.32 Å². The minimum Gasteiger partial charge on any atom is -0.480 e. The highest BCUT2D eigenvalue weighted by Crippen LogP contribution is 2.28. The molecule has 0 bridgehead atoms. The van der Waals surface area contributed by atoms with Crippen molar-refractivity contribution in [3.05, 3.63) is 27.7 Å². The first-order valence-corrected chi connectivity index (χ1v) is 7.68. The molecule has 1 unspecified atom stereocenters. The Bertz CT molecular complexity index is 442. The molecule has 1 atom stereocenters. The van der Waals surface area contributed by atoms with Crippen molar-refractivity contribution in [2.75, 3.05) is 19.8 Å². The molecule has 20 heavy (non-hydrogen) atoms. The summed E-state index contributed by atoms with van der Waals surface area (Å²) in [6.45, 7) is 5.57. The Morgan fingerprint density at radius 1 is 1.50 bits per heavy atom. The number of nitrogens with one attached hydrogen (secondary N) is 1. The van der Waals surface area contributed by atoms with Gasteiger partial charge in [-0.05, 0) is 54.4 Å². The van der Waals surface area contributed by atoms with Crippen molar-refractivity contribution in [1.29, 1.82) is 0 Å². The molecule has 1 aromatic rings. The zero-order valence-electron chi connectivity index (χ0n) is 11.6. The highest BCUT2D eigenvalue weighted by atomic mass is 79.9. The van der Waals surface area contributed by atoms with Gasteiger partial charge in [0.25, 0.3) is 5.91 Å². The fourth-order valence-corrected chi connectivity index (χ4v) is 2.26. The first-order valence-electron chi connectivity index (χ1n) is 6.51. The van der Waals surface area contributed by atoms with Crippen molar-refractivity contribution in [2.45, 2.75) is 26.4 Å². The molecular weight excluding hydrogens is 346 g/mol. The lowest BCUT2D eigenvalue weighted by molar-refractivity contribution is -0.127. The Morgan fingerprint density at radius 3 is 2.90 bits per heavy atom. The molecule has 0 saturated heterocycles. The lowest BCUT2D eigenvalue weighted by Crippen LogP contribution is -2.37. The van der Waals surface area contributed by atoms with Crippen LogP contribution in [0.4, 0.5) is 0 Å². The lowest BCUT2D eigenvalue weighted by atomic mass is 10.3. The molecule has 112 valence electrons. The second-order valence-electron chi connectivity index (χ2n) is 4.18. The lowest BCUT2D eigenvalue weighted by Gasteiger charge is -2.15. The Balaban J connectivity index is 2.37. The van der Waals surface area contributed by atoms with Crippen LogP contribution in [0.3, 0.4) is 0 Å². The molecule has 0 aliphatic rings. The minimum absolute atomic E-state index is 0.150. The van der Waals surface area contributed by atoms with Gasteiger partial charge in [-0.1, -0.05) is 11.6 Å². The third kappa shape index (κ3) is 6.11. The van der Waals surface area contributed by atoms with Crippen LogP contribution in [-0.4, -0.2) is 31.8 Å². The molecule has 0 heterocycles. The van der Waals surface area contributed by atoms with Gasteiger partial charge < -0.3 is 14.8 Å². The number of ether oxygens (including phenoxy) is 2. The average molecular weight is 365 g/mol. The molecular formula is C14H19BrClNO3. The van der Waals surface area contributed by atoms with E-state index in [0.717, 1.165) is 10.9 Å². The number of hydrogen-bond acceptors (Lipinski definition) is 3. The topological polar surface area (TPSA) is 47.6 Å². The maximum atomic E-state index is 11.8. The standard InChI is InChI=1S/C14H19BrClNO3/c1-3-19-8-4-7-17-14(18)10(2)20-13-6-5-11(16)9-12(13)15/h5-6,9-10H,3-4,7-8H2,1-2H3,(H,17,18). The zero-order valence-corrected chi connectivity index (χ0v) is 14.0. The average Bonchev–Trinajstić information content (AvgIpc) is 2.41. The van der Waals surface area contributed by atoms with Crippen LogP contribution in [0.5, 0.6) is 5.75 Å². The second kappa shape index (κ2) is 9.21. The summed E-state index contributed by atoms with van der Waals surface area (Å²) in [6.07, 6.45) is 0.219. The van der Waals surface area contributed by atoms with Gasteiger partial charge in [0, 0.05) is 24.8 Å². The fraction of sp³-hybridized carbons (Fsp3) is 0.500. The summed E-state index contributed by atoms with van der Waals surface area (Å²) < 4.78 is 11.5. The number of amides is 1. The van der Waals surface area contributed by atoms with Gasteiger partial charge in [0.1, 0.15) is 5.75 Å². The van der Waals surface area contributed by atoms with Crippen LogP contribution in [0.15, 0.2) is 22.7 Å². The van der Waals surface area contributed by atoms with E-state index >= 15 is 0 Å². The summed E-state index contributed by atoms with van der Waals surface area (Å²) in [5.41, 5.74) is 0. The number of hydrogen-bond donors (Lipinski definition) is 1. The molecule has 0 saturated carbocycles. The normalized spacial score (nSPS) is 12.0. The molecule has 0 aromatic heterocycles. The van der Waals surface area contributed by atoms with Gasteiger partial charge in [-0.3, -0.25) is 4.79 Å². The van der Waals surface area contributed by atoms with E-state index in [1.807, 2.05) is 6.92 Å². The van der Waals surface area contributed by atoms with Crippen LogP contribution >= 0.6 is 27.5 Å². The van der Waals surface area contributed by atoms with E-state index in [1.165, 1.54) is 0 Å². The number of carbonyl (C=O) groups excluding carboxylic acids is 1. The summed E-state index contributed by atoms with van der Waals surface area (Å²) in [7, 11) is 0. The molecule has 1 rings (SSSR count). The molecule has 1 aromatic carbocycles. The Labute approximate surface area is 132 Å². The highest BCUT2D eigenvalue weighted by molar-refractivity contribution is 9.10. The van der Waals surface area contributed by atoms with E-state index in [9.17, 15) is 4.79 Å². The van der Waals surface area contributed by atoms with Crippen LogP contribution in [-0.2, 0) is 9.53 Å². The van der Waals surface area contributed by atoms with Crippen molar-refractivity contribution < 1.29 is 14.3 Å². The first-order chi connectivity index (χ1) is 9.54. The van der Waals surface area contributed by atoms with Crippen LogP contribution in [0.25, 0.3) is 0 Å². The van der Waals surface area contributed by atoms with Gasteiger partial charge in [0.2, 0.25) is 0 Å². The monoisotopic (exact) mass is 363 g/mol. The Hall–Kier alpha value is -0.780. The van der Waals surface area contributed by atoms with Gasteiger partial charge in [-0.2, -0.15) is 0 Å². The molecule has 0 spiro atoms. The largest absolute Gasteiger partial charge is 0.480 e.